The van der Waals surface area contributed by atoms with E-state index in [4.69, 9.17) is 16.0 Å². The van der Waals surface area contributed by atoms with Crippen molar-refractivity contribution in [3.8, 4) is 0 Å². The first kappa shape index (κ1) is 19.6. The van der Waals surface area contributed by atoms with Gasteiger partial charge in [0.2, 0.25) is 0 Å². The first-order valence-electron chi connectivity index (χ1n) is 9.74. The normalized spacial score (nSPS) is 14.8. The number of carbonyl (C=O) groups is 1. The van der Waals surface area contributed by atoms with Crippen LogP contribution in [-0.4, -0.2) is 44.0 Å². The monoisotopic (exact) mass is 409 g/mol. The Hall–Kier alpha value is -2.76. The Morgan fingerprint density at radius 2 is 1.72 bits per heavy atom. The van der Waals surface area contributed by atoms with Crippen LogP contribution in [0.25, 0.3) is 0 Å². The number of halogens is 1. The fraction of sp³-hybridized carbons (Fsp3) is 0.261. The lowest BCUT2D eigenvalue weighted by atomic mass is 10.1. The van der Waals surface area contributed by atoms with Crippen LogP contribution in [0.2, 0.25) is 5.02 Å². The molecule has 0 bridgehead atoms. The number of rotatable bonds is 5. The Kier molecular flexibility index (Phi) is 5.88. The van der Waals surface area contributed by atoms with Crippen LogP contribution in [0.4, 0.5) is 11.4 Å². The van der Waals surface area contributed by atoms with E-state index in [0.717, 1.165) is 43.1 Å². The second-order valence-electron chi connectivity index (χ2n) is 7.27. The zero-order chi connectivity index (χ0) is 20.2. The maximum atomic E-state index is 13.3. The van der Waals surface area contributed by atoms with Crippen molar-refractivity contribution in [2.24, 2.45) is 0 Å². The number of likely N-dealkylation sites (N-methyl/N-ethyl adjacent to an activating group) is 1. The minimum Gasteiger partial charge on any atom is -0.459 e. The third-order valence-electron chi connectivity index (χ3n) is 5.25. The Balaban J connectivity index is 1.71. The highest BCUT2D eigenvalue weighted by molar-refractivity contribution is 6.30. The van der Waals surface area contributed by atoms with Gasteiger partial charge in [-0.2, -0.15) is 0 Å². The summed E-state index contributed by atoms with van der Waals surface area (Å²) in [5, 5.41) is 0.676. The van der Waals surface area contributed by atoms with Gasteiger partial charge in [0.25, 0.3) is 5.91 Å². The Labute approximate surface area is 176 Å². The van der Waals surface area contributed by atoms with Crippen LogP contribution >= 0.6 is 11.6 Å². The summed E-state index contributed by atoms with van der Waals surface area (Å²) < 4.78 is 5.42. The Morgan fingerprint density at radius 1 is 1.00 bits per heavy atom. The lowest BCUT2D eigenvalue weighted by Gasteiger charge is -2.36. The minimum absolute atomic E-state index is 0.161. The molecule has 1 amide bonds. The van der Waals surface area contributed by atoms with Crippen molar-refractivity contribution < 1.29 is 9.21 Å². The van der Waals surface area contributed by atoms with E-state index in [1.54, 1.807) is 17.0 Å². The summed E-state index contributed by atoms with van der Waals surface area (Å²) in [5.74, 6) is 0.165. The van der Waals surface area contributed by atoms with E-state index in [1.807, 2.05) is 42.5 Å². The van der Waals surface area contributed by atoms with Gasteiger partial charge >= 0.3 is 0 Å². The summed E-state index contributed by atoms with van der Waals surface area (Å²) in [6.45, 7) is 4.28. The summed E-state index contributed by atoms with van der Waals surface area (Å²) >= 11 is 6.04. The lowest BCUT2D eigenvalue weighted by molar-refractivity contribution is 0.0958. The minimum atomic E-state index is -0.161. The molecule has 29 heavy (non-hydrogen) atoms. The molecule has 0 saturated carbocycles. The third-order valence-corrected chi connectivity index (χ3v) is 5.50. The fourth-order valence-electron chi connectivity index (χ4n) is 3.58. The number of hydrogen-bond acceptors (Lipinski definition) is 4. The molecule has 0 unspecified atom stereocenters. The molecule has 6 heteroatoms. The van der Waals surface area contributed by atoms with Crippen molar-refractivity contribution in [1.82, 2.24) is 4.90 Å². The second kappa shape index (κ2) is 8.72. The van der Waals surface area contributed by atoms with Gasteiger partial charge in [0.05, 0.1) is 24.2 Å². The maximum absolute atomic E-state index is 13.3. The molecule has 0 radical (unpaired) electrons. The summed E-state index contributed by atoms with van der Waals surface area (Å²) in [6, 6.07) is 19.1. The standard InChI is InChI=1S/C23H24ClN3O2/c1-25-12-14-26(15-13-25)20-5-2-3-6-21(20)27(23(28)22-7-4-16-29-22)17-18-8-10-19(24)11-9-18/h2-11,16H,12-15,17H2,1H3. The molecule has 5 nitrogen and oxygen atoms in total. The third kappa shape index (κ3) is 4.47. The van der Waals surface area contributed by atoms with Gasteiger partial charge in [-0.25, -0.2) is 0 Å². The molecule has 0 aliphatic carbocycles. The summed E-state index contributed by atoms with van der Waals surface area (Å²) in [4.78, 5) is 19.8. The molecule has 0 N–H and O–H groups in total. The smallest absolute Gasteiger partial charge is 0.294 e. The molecular formula is C23H24ClN3O2. The average molecular weight is 410 g/mol. The number of amides is 1. The van der Waals surface area contributed by atoms with Gasteiger partial charge < -0.3 is 14.2 Å². The fourth-order valence-corrected chi connectivity index (χ4v) is 3.71. The van der Waals surface area contributed by atoms with E-state index < -0.39 is 0 Å². The van der Waals surface area contributed by atoms with Crippen LogP contribution in [0.5, 0.6) is 0 Å². The number of carbonyl (C=O) groups excluding carboxylic acids is 1. The molecule has 1 saturated heterocycles. The van der Waals surface area contributed by atoms with E-state index in [1.165, 1.54) is 6.26 Å². The average Bonchev–Trinajstić information content (AvgIpc) is 3.29. The van der Waals surface area contributed by atoms with Crippen molar-refractivity contribution >= 4 is 28.9 Å². The number of nitrogens with zero attached hydrogens (tertiary/aromatic N) is 3. The zero-order valence-electron chi connectivity index (χ0n) is 16.4. The van der Waals surface area contributed by atoms with Crippen molar-refractivity contribution in [2.75, 3.05) is 43.0 Å². The predicted molar refractivity (Wildman–Crippen MR) is 117 cm³/mol. The molecule has 0 atom stereocenters. The molecule has 150 valence electrons. The van der Waals surface area contributed by atoms with Crippen LogP contribution in [-0.2, 0) is 6.54 Å². The van der Waals surface area contributed by atoms with Crippen molar-refractivity contribution in [3.63, 3.8) is 0 Å². The molecule has 1 aliphatic heterocycles. The quantitative estimate of drug-likeness (QED) is 0.620. The van der Waals surface area contributed by atoms with Gasteiger partial charge in [-0.15, -0.1) is 0 Å². The van der Waals surface area contributed by atoms with Gasteiger partial charge in [-0.05, 0) is 49.0 Å². The van der Waals surface area contributed by atoms with Crippen LogP contribution in [0.3, 0.4) is 0 Å². The van der Waals surface area contributed by atoms with Crippen LogP contribution < -0.4 is 9.80 Å². The Bertz CT molecular complexity index is 949. The molecule has 2 heterocycles. The van der Waals surface area contributed by atoms with Gasteiger partial charge in [0, 0.05) is 31.2 Å². The van der Waals surface area contributed by atoms with Gasteiger partial charge in [-0.1, -0.05) is 35.9 Å². The predicted octanol–water partition coefficient (Wildman–Crippen LogP) is 4.53. The SMILES string of the molecule is CN1CCN(c2ccccc2N(Cc2ccc(Cl)cc2)C(=O)c2ccco2)CC1. The van der Waals surface area contributed by atoms with E-state index in [2.05, 4.69) is 22.9 Å². The molecule has 1 aliphatic rings. The van der Waals surface area contributed by atoms with Gasteiger partial charge in [0.1, 0.15) is 0 Å². The number of furan rings is 1. The highest BCUT2D eigenvalue weighted by Crippen LogP contribution is 2.32. The van der Waals surface area contributed by atoms with Crippen LogP contribution in [0.15, 0.2) is 71.3 Å². The summed E-state index contributed by atoms with van der Waals surface area (Å²) in [6.07, 6.45) is 1.53. The highest BCUT2D eigenvalue weighted by atomic mass is 35.5. The molecule has 4 rings (SSSR count). The molecule has 3 aromatic rings. The molecule has 1 aromatic heterocycles. The zero-order valence-corrected chi connectivity index (χ0v) is 17.2. The Morgan fingerprint density at radius 3 is 2.41 bits per heavy atom. The van der Waals surface area contributed by atoms with E-state index >= 15 is 0 Å². The maximum Gasteiger partial charge on any atom is 0.294 e. The van der Waals surface area contributed by atoms with Crippen molar-refractivity contribution in [1.29, 1.82) is 0 Å². The largest absolute Gasteiger partial charge is 0.459 e. The number of para-hydroxylation sites is 2. The topological polar surface area (TPSA) is 39.9 Å². The lowest BCUT2D eigenvalue weighted by Crippen LogP contribution is -2.45. The summed E-state index contributed by atoms with van der Waals surface area (Å²) in [5.41, 5.74) is 2.95. The van der Waals surface area contributed by atoms with Crippen LogP contribution in [0.1, 0.15) is 16.1 Å². The number of piperazine rings is 1. The second-order valence-corrected chi connectivity index (χ2v) is 7.71. The molecule has 2 aromatic carbocycles. The van der Waals surface area contributed by atoms with Gasteiger partial charge in [0.15, 0.2) is 5.76 Å². The van der Waals surface area contributed by atoms with Crippen LogP contribution in [0, 0.1) is 0 Å². The first-order chi connectivity index (χ1) is 14.1. The van der Waals surface area contributed by atoms with Crippen molar-refractivity contribution in [3.05, 3.63) is 83.3 Å². The summed E-state index contributed by atoms with van der Waals surface area (Å²) in [7, 11) is 2.14. The molecular weight excluding hydrogens is 386 g/mol. The first-order valence-corrected chi connectivity index (χ1v) is 10.1. The van der Waals surface area contributed by atoms with E-state index in [0.29, 0.717) is 17.3 Å². The molecule has 1 fully saturated rings. The number of benzene rings is 2. The van der Waals surface area contributed by atoms with E-state index in [9.17, 15) is 4.79 Å². The van der Waals surface area contributed by atoms with Gasteiger partial charge in [-0.3, -0.25) is 9.69 Å². The highest BCUT2D eigenvalue weighted by Gasteiger charge is 2.25. The molecule has 0 spiro atoms. The number of anilines is 2. The number of hydrogen-bond donors (Lipinski definition) is 0. The van der Waals surface area contributed by atoms with Crippen molar-refractivity contribution in [2.45, 2.75) is 6.54 Å². The van der Waals surface area contributed by atoms with E-state index in [-0.39, 0.29) is 5.91 Å².